The molecule has 6 heteroatoms. The minimum atomic E-state index is -1.03. The molecule has 0 aliphatic heterocycles. The summed E-state index contributed by atoms with van der Waals surface area (Å²) in [6.07, 6.45) is 5.52. The van der Waals surface area contributed by atoms with Crippen LogP contribution < -0.4 is 10.9 Å². The lowest BCUT2D eigenvalue weighted by atomic mass is 9.85. The number of fused-ring (bicyclic) bond motifs is 1. The number of aromatic amines is 1. The topological polar surface area (TPSA) is 82.2 Å². The Labute approximate surface area is 138 Å². The van der Waals surface area contributed by atoms with Gasteiger partial charge >= 0.3 is 0 Å². The summed E-state index contributed by atoms with van der Waals surface area (Å²) in [5.41, 5.74) is 0.175. The van der Waals surface area contributed by atoms with Crippen molar-refractivity contribution in [1.82, 2.24) is 4.98 Å². The molecular weight excluding hydrogens is 316 g/mol. The van der Waals surface area contributed by atoms with Gasteiger partial charge < -0.3 is 15.4 Å². The maximum atomic E-state index is 12.3. The van der Waals surface area contributed by atoms with Gasteiger partial charge in [0.2, 0.25) is 0 Å². The number of aromatic nitrogens is 1. The van der Waals surface area contributed by atoms with E-state index in [2.05, 4.69) is 10.3 Å². The molecule has 2 aromatic rings. The lowest BCUT2D eigenvalue weighted by Crippen LogP contribution is -2.35. The molecule has 3 N–H and O–H groups in total. The van der Waals surface area contributed by atoms with Crippen LogP contribution in [-0.2, 0) is 4.79 Å². The van der Waals surface area contributed by atoms with Gasteiger partial charge in [0.15, 0.2) is 0 Å². The van der Waals surface area contributed by atoms with Crippen molar-refractivity contribution in [3.63, 3.8) is 0 Å². The second-order valence-corrected chi connectivity index (χ2v) is 6.47. The molecule has 5 nitrogen and oxygen atoms in total. The molecule has 0 bridgehead atoms. The molecule has 0 unspecified atom stereocenters. The molecule has 1 aromatic carbocycles. The van der Waals surface area contributed by atoms with Crippen molar-refractivity contribution in [3.05, 3.63) is 39.8 Å². The molecule has 1 aliphatic carbocycles. The number of nitrogens with one attached hydrogen (secondary N) is 2. The number of aliphatic hydroxyl groups excluding tert-OH is 1. The van der Waals surface area contributed by atoms with Gasteiger partial charge in [-0.25, -0.2) is 0 Å². The fourth-order valence-electron chi connectivity index (χ4n) is 3.18. The van der Waals surface area contributed by atoms with Crippen LogP contribution in [0.15, 0.2) is 29.2 Å². The third kappa shape index (κ3) is 3.41. The minimum absolute atomic E-state index is 0.00539. The van der Waals surface area contributed by atoms with Crippen molar-refractivity contribution < 1.29 is 9.90 Å². The summed E-state index contributed by atoms with van der Waals surface area (Å²) < 4.78 is 0. The number of halogens is 1. The van der Waals surface area contributed by atoms with Crippen LogP contribution in [-0.4, -0.2) is 22.1 Å². The van der Waals surface area contributed by atoms with Gasteiger partial charge in [-0.15, -0.1) is 0 Å². The van der Waals surface area contributed by atoms with E-state index in [4.69, 9.17) is 11.6 Å². The lowest BCUT2D eigenvalue weighted by Gasteiger charge is -2.25. The Kier molecular flexibility index (Phi) is 4.68. The van der Waals surface area contributed by atoms with E-state index in [9.17, 15) is 14.7 Å². The molecule has 1 atom stereocenters. The molecule has 1 saturated carbocycles. The highest BCUT2D eigenvalue weighted by Gasteiger charge is 2.27. The van der Waals surface area contributed by atoms with E-state index in [-0.39, 0.29) is 16.5 Å². The SMILES string of the molecule is O=C(Nc1cc2cc[nH]c(=O)c2cc1Cl)[C@H](O)C1CCCCC1. The molecule has 0 radical (unpaired) electrons. The summed E-state index contributed by atoms with van der Waals surface area (Å²) >= 11 is 6.16. The van der Waals surface area contributed by atoms with Crippen molar-refractivity contribution in [1.29, 1.82) is 0 Å². The van der Waals surface area contributed by atoms with E-state index >= 15 is 0 Å². The first-order chi connectivity index (χ1) is 11.1. The van der Waals surface area contributed by atoms with Gasteiger partial charge in [-0.2, -0.15) is 0 Å². The van der Waals surface area contributed by atoms with Crippen LogP contribution in [0.4, 0.5) is 5.69 Å². The van der Waals surface area contributed by atoms with Gasteiger partial charge in [0, 0.05) is 11.6 Å². The molecule has 1 heterocycles. The molecule has 122 valence electrons. The second-order valence-electron chi connectivity index (χ2n) is 6.06. The molecule has 23 heavy (non-hydrogen) atoms. The molecule has 1 amide bonds. The number of hydrogen-bond donors (Lipinski definition) is 3. The van der Waals surface area contributed by atoms with Gasteiger partial charge in [-0.3, -0.25) is 9.59 Å². The number of amides is 1. The van der Waals surface area contributed by atoms with E-state index in [1.807, 2.05) is 0 Å². The van der Waals surface area contributed by atoms with E-state index in [1.54, 1.807) is 18.3 Å². The molecule has 1 aromatic heterocycles. The molecule has 0 spiro atoms. The van der Waals surface area contributed by atoms with Crippen molar-refractivity contribution in [2.24, 2.45) is 5.92 Å². The van der Waals surface area contributed by atoms with Crippen molar-refractivity contribution in [2.45, 2.75) is 38.2 Å². The number of H-pyrrole nitrogens is 1. The number of rotatable bonds is 3. The Morgan fingerprint density at radius 1 is 1.30 bits per heavy atom. The summed E-state index contributed by atoms with van der Waals surface area (Å²) in [6, 6.07) is 4.91. The van der Waals surface area contributed by atoms with E-state index in [1.165, 1.54) is 6.07 Å². The van der Waals surface area contributed by atoms with Gasteiger partial charge in [0.1, 0.15) is 6.10 Å². The van der Waals surface area contributed by atoms with Gasteiger partial charge in [0.25, 0.3) is 11.5 Å². The first kappa shape index (κ1) is 16.0. The van der Waals surface area contributed by atoms with Crippen LogP contribution in [0.2, 0.25) is 5.02 Å². The summed E-state index contributed by atoms with van der Waals surface area (Å²) in [4.78, 5) is 26.6. The zero-order valence-electron chi connectivity index (χ0n) is 12.6. The fraction of sp³-hybridized carbons (Fsp3) is 0.412. The number of hydrogen-bond acceptors (Lipinski definition) is 3. The normalized spacial score (nSPS) is 17.1. The van der Waals surface area contributed by atoms with E-state index in [0.717, 1.165) is 32.1 Å². The largest absolute Gasteiger partial charge is 0.383 e. The third-order valence-corrected chi connectivity index (χ3v) is 4.80. The monoisotopic (exact) mass is 334 g/mol. The Hall–Kier alpha value is -1.85. The highest BCUT2D eigenvalue weighted by molar-refractivity contribution is 6.34. The van der Waals surface area contributed by atoms with Crippen LogP contribution in [0, 0.1) is 5.92 Å². The lowest BCUT2D eigenvalue weighted by molar-refractivity contribution is -0.127. The van der Waals surface area contributed by atoms with Gasteiger partial charge in [-0.1, -0.05) is 30.9 Å². The summed E-state index contributed by atoms with van der Waals surface area (Å²) in [5.74, 6) is -0.436. The second kappa shape index (κ2) is 6.72. The average molecular weight is 335 g/mol. The quantitative estimate of drug-likeness (QED) is 0.806. The zero-order chi connectivity index (χ0) is 16.4. The standard InChI is InChI=1S/C17H19ClN2O3/c18-13-9-12-11(6-7-19-16(12)22)8-14(13)20-17(23)15(21)10-4-2-1-3-5-10/h6-10,15,21H,1-5H2,(H,19,22)(H,20,23)/t15-/m1/s1. The maximum absolute atomic E-state index is 12.3. The number of anilines is 1. The Balaban J connectivity index is 1.81. The maximum Gasteiger partial charge on any atom is 0.255 e. The number of pyridine rings is 1. The molecule has 0 saturated heterocycles. The number of carbonyl (C=O) groups is 1. The first-order valence-corrected chi connectivity index (χ1v) is 8.24. The van der Waals surface area contributed by atoms with Crippen molar-refractivity contribution in [3.8, 4) is 0 Å². The Morgan fingerprint density at radius 3 is 2.78 bits per heavy atom. The number of aliphatic hydroxyl groups is 1. The molecular formula is C17H19ClN2O3. The van der Waals surface area contributed by atoms with Crippen molar-refractivity contribution in [2.75, 3.05) is 5.32 Å². The smallest absolute Gasteiger partial charge is 0.255 e. The minimum Gasteiger partial charge on any atom is -0.383 e. The average Bonchev–Trinajstić information content (AvgIpc) is 2.56. The Morgan fingerprint density at radius 2 is 2.04 bits per heavy atom. The predicted molar refractivity (Wildman–Crippen MR) is 90.8 cm³/mol. The summed E-state index contributed by atoms with van der Waals surface area (Å²) in [5, 5.41) is 14.3. The van der Waals surface area contributed by atoms with Crippen LogP contribution in [0.5, 0.6) is 0 Å². The van der Waals surface area contributed by atoms with Crippen LogP contribution in [0.3, 0.4) is 0 Å². The van der Waals surface area contributed by atoms with E-state index in [0.29, 0.717) is 16.5 Å². The van der Waals surface area contributed by atoms with E-state index < -0.39 is 12.0 Å². The number of benzene rings is 1. The predicted octanol–water partition coefficient (Wildman–Crippen LogP) is 3.06. The highest BCUT2D eigenvalue weighted by Crippen LogP contribution is 2.29. The first-order valence-electron chi connectivity index (χ1n) is 7.86. The summed E-state index contributed by atoms with van der Waals surface area (Å²) in [6.45, 7) is 0. The fourth-order valence-corrected chi connectivity index (χ4v) is 3.39. The van der Waals surface area contributed by atoms with Gasteiger partial charge in [0.05, 0.1) is 10.7 Å². The molecule has 1 aliphatic rings. The van der Waals surface area contributed by atoms with Crippen LogP contribution in [0.1, 0.15) is 32.1 Å². The van der Waals surface area contributed by atoms with Crippen LogP contribution >= 0.6 is 11.6 Å². The molecule has 1 fully saturated rings. The Bertz CT molecular complexity index is 781. The van der Waals surface area contributed by atoms with Crippen molar-refractivity contribution >= 4 is 34.0 Å². The number of carbonyl (C=O) groups excluding carboxylic acids is 1. The summed E-state index contributed by atoms with van der Waals surface area (Å²) in [7, 11) is 0. The zero-order valence-corrected chi connectivity index (χ0v) is 13.4. The highest BCUT2D eigenvalue weighted by atomic mass is 35.5. The molecule has 3 rings (SSSR count). The van der Waals surface area contributed by atoms with Crippen LogP contribution in [0.25, 0.3) is 10.8 Å². The third-order valence-electron chi connectivity index (χ3n) is 4.48. The van der Waals surface area contributed by atoms with Gasteiger partial charge in [-0.05, 0) is 42.3 Å².